The third-order valence-corrected chi connectivity index (χ3v) is 7.47. The van der Waals surface area contributed by atoms with Gasteiger partial charge in [0.1, 0.15) is 13.2 Å². The lowest BCUT2D eigenvalue weighted by Crippen LogP contribution is -2.36. The Morgan fingerprint density at radius 3 is 2.58 bits per heavy atom. The summed E-state index contributed by atoms with van der Waals surface area (Å²) in [6, 6.07) is 17.4. The lowest BCUT2D eigenvalue weighted by molar-refractivity contribution is -0.127. The van der Waals surface area contributed by atoms with Crippen molar-refractivity contribution >= 4 is 79.7 Å². The minimum absolute atomic E-state index is 0.202. The summed E-state index contributed by atoms with van der Waals surface area (Å²) in [7, 11) is 0. The third-order valence-electron chi connectivity index (χ3n) is 5.29. The highest BCUT2D eigenvalue weighted by Crippen LogP contribution is 2.35. The maximum atomic E-state index is 12.9. The number of benzene rings is 3. The van der Waals surface area contributed by atoms with Crippen molar-refractivity contribution in [3.63, 3.8) is 0 Å². The highest BCUT2D eigenvalue weighted by atomic mass is 79.9. The van der Waals surface area contributed by atoms with Crippen LogP contribution in [-0.4, -0.2) is 35.1 Å². The van der Waals surface area contributed by atoms with Crippen molar-refractivity contribution in [3.05, 3.63) is 91.2 Å². The predicted octanol–water partition coefficient (Wildman–Crippen LogP) is 7.41. The van der Waals surface area contributed by atoms with Crippen LogP contribution in [0, 0.1) is 0 Å². The number of hydrogen-bond acceptors (Lipinski definition) is 6. The first kappa shape index (κ1) is 28.0. The monoisotopic (exact) mass is 634 g/mol. The molecule has 4 rings (SSSR count). The van der Waals surface area contributed by atoms with Gasteiger partial charge in [-0.25, -0.2) is 0 Å². The maximum absolute atomic E-state index is 12.9. The zero-order valence-corrected chi connectivity index (χ0v) is 23.9. The van der Waals surface area contributed by atoms with Crippen molar-refractivity contribution in [1.29, 1.82) is 0 Å². The number of thioether (sulfide) groups is 1. The van der Waals surface area contributed by atoms with Gasteiger partial charge in [-0.1, -0.05) is 47.5 Å². The second-order valence-electron chi connectivity index (χ2n) is 7.96. The average Bonchev–Trinajstić information content (AvgIpc) is 3.13. The van der Waals surface area contributed by atoms with Gasteiger partial charge in [0.05, 0.1) is 17.2 Å². The summed E-state index contributed by atoms with van der Waals surface area (Å²) in [5.41, 5.74) is 1.94. The molecule has 0 radical (unpaired) electrons. The number of carbonyl (C=O) groups excluding carboxylic acids is 3. The number of halogens is 3. The SMILES string of the molecule is CCOc1cc(/C=C2/SC(=O)N(CC(=O)Nc3ccccc3Br)C2=O)ccc1OCc1ccc(Cl)cc1Cl. The highest BCUT2D eigenvalue weighted by molar-refractivity contribution is 9.10. The molecular weight excluding hydrogens is 615 g/mol. The summed E-state index contributed by atoms with van der Waals surface area (Å²) in [6.07, 6.45) is 1.58. The molecule has 1 N–H and O–H groups in total. The molecule has 1 aliphatic rings. The molecule has 38 heavy (non-hydrogen) atoms. The van der Waals surface area contributed by atoms with Crippen LogP contribution in [-0.2, 0) is 16.2 Å². The number of anilines is 1. The van der Waals surface area contributed by atoms with Crippen LogP contribution in [0.2, 0.25) is 10.0 Å². The molecule has 11 heteroatoms. The fraction of sp³-hybridized carbons (Fsp3) is 0.148. The van der Waals surface area contributed by atoms with Gasteiger partial charge in [0.2, 0.25) is 5.91 Å². The van der Waals surface area contributed by atoms with Gasteiger partial charge in [-0.3, -0.25) is 19.3 Å². The van der Waals surface area contributed by atoms with Crippen LogP contribution in [0.1, 0.15) is 18.1 Å². The van der Waals surface area contributed by atoms with Gasteiger partial charge >= 0.3 is 0 Å². The van der Waals surface area contributed by atoms with Gasteiger partial charge in [-0.15, -0.1) is 0 Å². The van der Waals surface area contributed by atoms with Crippen LogP contribution in [0.25, 0.3) is 6.08 Å². The zero-order chi connectivity index (χ0) is 27.2. The van der Waals surface area contributed by atoms with E-state index in [0.29, 0.717) is 43.9 Å². The smallest absolute Gasteiger partial charge is 0.294 e. The van der Waals surface area contributed by atoms with E-state index < -0.39 is 23.6 Å². The molecule has 1 aliphatic heterocycles. The molecule has 1 heterocycles. The minimum Gasteiger partial charge on any atom is -0.490 e. The number of hydrogen-bond donors (Lipinski definition) is 1. The Morgan fingerprint density at radius 1 is 1.05 bits per heavy atom. The quantitative estimate of drug-likeness (QED) is 0.247. The van der Waals surface area contributed by atoms with Crippen LogP contribution < -0.4 is 14.8 Å². The normalized spacial score (nSPS) is 14.2. The Balaban J connectivity index is 1.46. The summed E-state index contributed by atoms with van der Waals surface area (Å²) in [5.74, 6) is -0.0652. The van der Waals surface area contributed by atoms with Crippen LogP contribution in [0.15, 0.2) is 70.0 Å². The molecule has 0 atom stereocenters. The topological polar surface area (TPSA) is 84.9 Å². The van der Waals surface area contributed by atoms with Crippen LogP contribution >= 0.6 is 50.9 Å². The van der Waals surface area contributed by atoms with E-state index in [2.05, 4.69) is 21.2 Å². The molecule has 7 nitrogen and oxygen atoms in total. The van der Waals surface area contributed by atoms with Crippen molar-refractivity contribution in [3.8, 4) is 11.5 Å². The Morgan fingerprint density at radius 2 is 1.84 bits per heavy atom. The molecular formula is C27H21BrCl2N2O5S. The van der Waals surface area contributed by atoms with E-state index in [0.717, 1.165) is 22.2 Å². The van der Waals surface area contributed by atoms with Gasteiger partial charge in [0.15, 0.2) is 11.5 Å². The number of rotatable bonds is 9. The summed E-state index contributed by atoms with van der Waals surface area (Å²) in [5, 5.41) is 3.20. The van der Waals surface area contributed by atoms with Gasteiger partial charge in [-0.05, 0) is 82.7 Å². The van der Waals surface area contributed by atoms with Crippen molar-refractivity contribution in [2.24, 2.45) is 0 Å². The molecule has 0 aliphatic carbocycles. The molecule has 0 bridgehead atoms. The summed E-state index contributed by atoms with van der Waals surface area (Å²) in [4.78, 5) is 39.0. The minimum atomic E-state index is -0.544. The highest BCUT2D eigenvalue weighted by Gasteiger charge is 2.36. The van der Waals surface area contributed by atoms with E-state index in [4.69, 9.17) is 32.7 Å². The van der Waals surface area contributed by atoms with E-state index in [1.165, 1.54) is 0 Å². The number of ether oxygens (including phenoxy) is 2. The molecule has 0 saturated carbocycles. The molecule has 0 spiro atoms. The largest absolute Gasteiger partial charge is 0.490 e. The van der Waals surface area contributed by atoms with Crippen molar-refractivity contribution in [2.75, 3.05) is 18.5 Å². The molecule has 3 aromatic carbocycles. The number of para-hydroxylation sites is 1. The fourth-order valence-electron chi connectivity index (χ4n) is 3.48. The second-order valence-corrected chi connectivity index (χ2v) is 10.7. The Kier molecular flexibility index (Phi) is 9.38. The van der Waals surface area contributed by atoms with E-state index in [9.17, 15) is 14.4 Å². The first-order chi connectivity index (χ1) is 18.2. The first-order valence-electron chi connectivity index (χ1n) is 11.4. The van der Waals surface area contributed by atoms with Crippen molar-refractivity contribution in [1.82, 2.24) is 4.90 Å². The van der Waals surface area contributed by atoms with E-state index in [1.807, 2.05) is 13.0 Å². The standard InChI is InChI=1S/C27H21BrCl2N2O5S/c1-2-36-23-11-16(7-10-22(23)37-15-17-8-9-18(29)13-20(17)30)12-24-26(34)32(27(35)38-24)14-25(33)31-21-6-4-3-5-19(21)28/h3-13H,2,14-15H2,1H3,(H,31,33)/b24-12+. The van der Waals surface area contributed by atoms with Crippen molar-refractivity contribution in [2.45, 2.75) is 13.5 Å². The molecule has 1 fully saturated rings. The lowest BCUT2D eigenvalue weighted by atomic mass is 10.1. The number of nitrogens with zero attached hydrogens (tertiary/aromatic N) is 1. The zero-order valence-electron chi connectivity index (χ0n) is 20.0. The Labute approximate surface area is 242 Å². The van der Waals surface area contributed by atoms with E-state index in [-0.39, 0.29) is 11.5 Å². The van der Waals surface area contributed by atoms with E-state index in [1.54, 1.807) is 60.7 Å². The third kappa shape index (κ3) is 6.91. The Bertz CT molecular complexity index is 1430. The second kappa shape index (κ2) is 12.7. The summed E-state index contributed by atoms with van der Waals surface area (Å²) < 4.78 is 12.3. The van der Waals surface area contributed by atoms with Crippen LogP contribution in [0.5, 0.6) is 11.5 Å². The molecule has 196 valence electrons. The molecule has 0 unspecified atom stereocenters. The molecule has 3 aromatic rings. The number of nitrogens with one attached hydrogen (secondary N) is 1. The number of imide groups is 1. The molecule has 3 amide bonds. The van der Waals surface area contributed by atoms with Crippen LogP contribution in [0.3, 0.4) is 0 Å². The van der Waals surface area contributed by atoms with Gasteiger partial charge < -0.3 is 14.8 Å². The van der Waals surface area contributed by atoms with Crippen molar-refractivity contribution < 1.29 is 23.9 Å². The predicted molar refractivity (Wildman–Crippen MR) is 154 cm³/mol. The fourth-order valence-corrected chi connectivity index (χ4v) is 5.17. The van der Waals surface area contributed by atoms with Gasteiger partial charge in [0, 0.05) is 20.1 Å². The Hall–Kier alpha value is -2.98. The average molecular weight is 636 g/mol. The number of amides is 3. The van der Waals surface area contributed by atoms with E-state index >= 15 is 0 Å². The maximum Gasteiger partial charge on any atom is 0.294 e. The molecule has 1 saturated heterocycles. The van der Waals surface area contributed by atoms with Crippen LogP contribution in [0.4, 0.5) is 10.5 Å². The number of carbonyl (C=O) groups is 3. The summed E-state index contributed by atoms with van der Waals surface area (Å²) >= 11 is 16.3. The van der Waals surface area contributed by atoms with Gasteiger partial charge in [0.25, 0.3) is 11.1 Å². The lowest BCUT2D eigenvalue weighted by Gasteiger charge is -2.14. The molecule has 0 aromatic heterocycles. The summed E-state index contributed by atoms with van der Waals surface area (Å²) in [6.45, 7) is 2.05. The first-order valence-corrected chi connectivity index (χ1v) is 13.7. The van der Waals surface area contributed by atoms with Gasteiger partial charge in [-0.2, -0.15) is 0 Å².